The lowest BCUT2D eigenvalue weighted by atomic mass is 10.0. The second-order valence-corrected chi connectivity index (χ2v) is 5.91. The molecule has 26 heavy (non-hydrogen) atoms. The zero-order chi connectivity index (χ0) is 18.7. The molecular formula is C17H17F2N3O4. The number of carbonyl (C=O) groups excluding carboxylic acids is 1. The summed E-state index contributed by atoms with van der Waals surface area (Å²) < 4.78 is 31.0. The van der Waals surface area contributed by atoms with Gasteiger partial charge in [0.25, 0.3) is 5.91 Å². The van der Waals surface area contributed by atoms with Crippen LogP contribution in [0.5, 0.6) is 5.75 Å². The van der Waals surface area contributed by atoms with Gasteiger partial charge in [0.15, 0.2) is 0 Å². The minimum atomic E-state index is -3.00. The van der Waals surface area contributed by atoms with Crippen LogP contribution < -0.4 is 4.74 Å². The molecule has 138 valence electrons. The molecule has 7 nitrogen and oxygen atoms in total. The number of ether oxygens (including phenoxy) is 1. The van der Waals surface area contributed by atoms with Gasteiger partial charge >= 0.3 is 12.6 Å². The van der Waals surface area contributed by atoms with Crippen molar-refractivity contribution in [3.8, 4) is 5.75 Å². The third-order valence-electron chi connectivity index (χ3n) is 4.31. The summed E-state index contributed by atoms with van der Waals surface area (Å²) in [6.45, 7) is -2.18. The van der Waals surface area contributed by atoms with Crippen LogP contribution in [0.2, 0.25) is 0 Å². The fraction of sp³-hybridized carbons (Fsp3) is 0.353. The number of carboxylic acid groups (broad SMARTS) is 1. The predicted molar refractivity (Wildman–Crippen MR) is 86.4 cm³/mol. The van der Waals surface area contributed by atoms with E-state index in [1.807, 2.05) is 0 Å². The topological polar surface area (TPSA) is 84.7 Å². The summed E-state index contributed by atoms with van der Waals surface area (Å²) in [5.74, 6) is -1.56. The Morgan fingerprint density at radius 1 is 1.23 bits per heavy atom. The highest BCUT2D eigenvalue weighted by Gasteiger charge is 2.27. The fourth-order valence-electron chi connectivity index (χ4n) is 2.99. The molecular weight excluding hydrogens is 348 g/mol. The molecule has 1 aliphatic heterocycles. The molecule has 0 spiro atoms. The van der Waals surface area contributed by atoms with Crippen molar-refractivity contribution in [3.63, 3.8) is 0 Å². The number of piperidine rings is 1. The Morgan fingerprint density at radius 2 is 1.92 bits per heavy atom. The zero-order valence-electron chi connectivity index (χ0n) is 13.7. The number of aromatic carboxylic acids is 1. The van der Waals surface area contributed by atoms with Crippen LogP contribution in [0.3, 0.4) is 0 Å². The van der Waals surface area contributed by atoms with Gasteiger partial charge in [-0.05, 0) is 25.0 Å². The van der Waals surface area contributed by atoms with Crippen LogP contribution in [-0.2, 0) is 0 Å². The third kappa shape index (κ3) is 3.81. The number of hydrogen-bond acceptors (Lipinski definition) is 4. The van der Waals surface area contributed by atoms with Gasteiger partial charge in [-0.2, -0.15) is 13.9 Å². The van der Waals surface area contributed by atoms with Crippen LogP contribution >= 0.6 is 0 Å². The van der Waals surface area contributed by atoms with Gasteiger partial charge in [0, 0.05) is 19.3 Å². The minimum absolute atomic E-state index is 0.0142. The van der Waals surface area contributed by atoms with E-state index < -0.39 is 12.6 Å². The predicted octanol–water partition coefficient (Wildman–Crippen LogP) is 2.66. The van der Waals surface area contributed by atoms with Crippen molar-refractivity contribution in [1.82, 2.24) is 14.7 Å². The number of nitrogens with zero attached hydrogens (tertiary/aromatic N) is 3. The molecule has 1 N–H and O–H groups in total. The average molecular weight is 365 g/mol. The minimum Gasteiger partial charge on any atom is -0.478 e. The lowest BCUT2D eigenvalue weighted by Crippen LogP contribution is -2.39. The van der Waals surface area contributed by atoms with Crippen molar-refractivity contribution in [2.24, 2.45) is 0 Å². The summed E-state index contributed by atoms with van der Waals surface area (Å²) in [4.78, 5) is 25.1. The van der Waals surface area contributed by atoms with Crippen molar-refractivity contribution >= 4 is 11.9 Å². The highest BCUT2D eigenvalue weighted by atomic mass is 19.3. The molecule has 1 aromatic carbocycles. The molecule has 0 saturated carbocycles. The Labute approximate surface area is 147 Å². The Morgan fingerprint density at radius 3 is 2.54 bits per heavy atom. The van der Waals surface area contributed by atoms with Crippen molar-refractivity contribution in [3.05, 3.63) is 47.8 Å². The van der Waals surface area contributed by atoms with E-state index in [2.05, 4.69) is 9.84 Å². The summed E-state index contributed by atoms with van der Waals surface area (Å²) >= 11 is 0. The van der Waals surface area contributed by atoms with Gasteiger partial charge in [-0.1, -0.05) is 12.1 Å². The van der Waals surface area contributed by atoms with Gasteiger partial charge in [-0.3, -0.25) is 9.48 Å². The number of aromatic nitrogens is 2. The van der Waals surface area contributed by atoms with Crippen LogP contribution in [0, 0.1) is 0 Å². The molecule has 2 aromatic rings. The van der Waals surface area contributed by atoms with Crippen molar-refractivity contribution < 1.29 is 28.2 Å². The molecule has 1 amide bonds. The Bertz CT molecular complexity index is 801. The van der Waals surface area contributed by atoms with Crippen LogP contribution in [-0.4, -0.2) is 51.4 Å². The number of carboxylic acids is 1. The van der Waals surface area contributed by atoms with E-state index in [0.717, 1.165) is 0 Å². The van der Waals surface area contributed by atoms with E-state index in [1.54, 1.807) is 15.6 Å². The van der Waals surface area contributed by atoms with Crippen LogP contribution in [0.4, 0.5) is 8.78 Å². The number of amides is 1. The molecule has 0 radical (unpaired) electrons. The van der Waals surface area contributed by atoms with Crippen LogP contribution in [0.25, 0.3) is 0 Å². The van der Waals surface area contributed by atoms with Gasteiger partial charge in [-0.15, -0.1) is 0 Å². The van der Waals surface area contributed by atoms with Gasteiger partial charge < -0.3 is 14.7 Å². The summed E-state index contributed by atoms with van der Waals surface area (Å²) in [7, 11) is 0. The van der Waals surface area contributed by atoms with Crippen LogP contribution in [0.15, 0.2) is 36.7 Å². The second kappa shape index (κ2) is 7.51. The molecule has 0 unspecified atom stereocenters. The first-order valence-corrected chi connectivity index (χ1v) is 8.06. The van der Waals surface area contributed by atoms with E-state index in [9.17, 15) is 18.4 Å². The maximum Gasteiger partial charge on any atom is 0.387 e. The highest BCUT2D eigenvalue weighted by molar-refractivity contribution is 5.97. The molecule has 3 rings (SSSR count). The summed E-state index contributed by atoms with van der Waals surface area (Å²) in [5.41, 5.74) is 0.208. The van der Waals surface area contributed by atoms with Crippen molar-refractivity contribution in [2.75, 3.05) is 13.1 Å². The second-order valence-electron chi connectivity index (χ2n) is 5.91. The molecule has 1 saturated heterocycles. The summed E-state index contributed by atoms with van der Waals surface area (Å²) in [6, 6.07) is 5.90. The normalized spacial score (nSPS) is 15.3. The van der Waals surface area contributed by atoms with Crippen LogP contribution in [0.1, 0.15) is 39.6 Å². The average Bonchev–Trinajstić information content (AvgIpc) is 3.12. The number of rotatable bonds is 5. The van der Waals surface area contributed by atoms with Gasteiger partial charge in [0.1, 0.15) is 5.75 Å². The zero-order valence-corrected chi connectivity index (χ0v) is 13.7. The number of benzene rings is 1. The number of alkyl halides is 2. The lowest BCUT2D eigenvalue weighted by Gasteiger charge is -2.32. The fourth-order valence-corrected chi connectivity index (χ4v) is 2.99. The smallest absolute Gasteiger partial charge is 0.387 e. The van der Waals surface area contributed by atoms with E-state index >= 15 is 0 Å². The molecule has 2 heterocycles. The molecule has 1 aromatic heterocycles. The molecule has 0 aliphatic carbocycles. The number of carbonyl (C=O) groups is 2. The first kappa shape index (κ1) is 17.8. The van der Waals surface area contributed by atoms with E-state index in [1.165, 1.54) is 30.6 Å². The Hall–Kier alpha value is -2.97. The van der Waals surface area contributed by atoms with Gasteiger partial charge in [0.2, 0.25) is 0 Å². The summed E-state index contributed by atoms with van der Waals surface area (Å²) in [6.07, 6.45) is 3.93. The number of likely N-dealkylation sites (tertiary alicyclic amines) is 1. The monoisotopic (exact) mass is 365 g/mol. The van der Waals surface area contributed by atoms with E-state index in [0.29, 0.717) is 25.9 Å². The number of halogens is 2. The first-order chi connectivity index (χ1) is 12.5. The highest BCUT2D eigenvalue weighted by Crippen LogP contribution is 2.26. The largest absolute Gasteiger partial charge is 0.478 e. The van der Waals surface area contributed by atoms with E-state index in [-0.39, 0.29) is 28.8 Å². The molecule has 9 heteroatoms. The Kier molecular flexibility index (Phi) is 5.15. The molecule has 1 fully saturated rings. The lowest BCUT2D eigenvalue weighted by molar-refractivity contribution is -0.0503. The standard InChI is InChI=1S/C17H17F2N3O4/c18-17(19)26-14-4-2-1-3-13(14)15(23)21-7-5-12(6-8-21)22-10-11(9-20-22)16(24)25/h1-4,9-10,12,17H,5-8H2,(H,24,25). The van der Waals surface area contributed by atoms with Crippen molar-refractivity contribution in [1.29, 1.82) is 0 Å². The molecule has 0 atom stereocenters. The number of para-hydroxylation sites is 1. The molecule has 0 bridgehead atoms. The maximum atomic E-state index is 12.6. The van der Waals surface area contributed by atoms with Gasteiger partial charge in [-0.25, -0.2) is 4.79 Å². The van der Waals surface area contributed by atoms with Gasteiger partial charge in [0.05, 0.1) is 23.4 Å². The number of hydrogen-bond donors (Lipinski definition) is 1. The SMILES string of the molecule is O=C(O)c1cnn(C2CCN(C(=O)c3ccccc3OC(F)F)CC2)c1. The van der Waals surface area contributed by atoms with E-state index in [4.69, 9.17) is 5.11 Å². The third-order valence-corrected chi connectivity index (χ3v) is 4.31. The maximum absolute atomic E-state index is 12.6. The molecule has 1 aliphatic rings. The summed E-state index contributed by atoms with van der Waals surface area (Å²) in [5, 5.41) is 13.0. The van der Waals surface area contributed by atoms with Crippen molar-refractivity contribution in [2.45, 2.75) is 25.5 Å². The Balaban J connectivity index is 1.66. The quantitative estimate of drug-likeness (QED) is 0.881. The first-order valence-electron chi connectivity index (χ1n) is 8.06.